The summed E-state index contributed by atoms with van der Waals surface area (Å²) < 4.78 is 16.8. The molecule has 0 radical (unpaired) electrons. The van der Waals surface area contributed by atoms with Gasteiger partial charge >= 0.3 is 17.9 Å². The van der Waals surface area contributed by atoms with Gasteiger partial charge in [0.1, 0.15) is 13.2 Å². The number of rotatable bonds is 53. The molecule has 0 N–H and O–H groups in total. The fourth-order valence-corrected chi connectivity index (χ4v) is 7.76. The van der Waals surface area contributed by atoms with Crippen molar-refractivity contribution in [3.63, 3.8) is 0 Å². The third-order valence-electron chi connectivity index (χ3n) is 12.3. The first-order chi connectivity index (χ1) is 37.5. The third-order valence-corrected chi connectivity index (χ3v) is 12.3. The zero-order valence-electron chi connectivity index (χ0n) is 48.7. The summed E-state index contributed by atoms with van der Waals surface area (Å²) in [7, 11) is 0. The molecule has 0 aliphatic carbocycles. The monoisotopic (exact) mass is 1050 g/mol. The molecule has 0 heterocycles. The van der Waals surface area contributed by atoms with Gasteiger partial charge in [-0.25, -0.2) is 0 Å². The molecule has 1 atom stereocenters. The summed E-state index contributed by atoms with van der Waals surface area (Å²) in [5, 5.41) is 0. The number of carbonyl (C=O) groups is 3. The van der Waals surface area contributed by atoms with E-state index >= 15 is 0 Å². The smallest absolute Gasteiger partial charge is 0.306 e. The molecule has 1 unspecified atom stereocenters. The summed E-state index contributed by atoms with van der Waals surface area (Å²) in [5.41, 5.74) is 0. The first-order valence-corrected chi connectivity index (χ1v) is 30.5. The van der Waals surface area contributed by atoms with E-state index in [1.54, 1.807) is 0 Å². The van der Waals surface area contributed by atoms with E-state index in [0.717, 1.165) is 141 Å². The van der Waals surface area contributed by atoms with E-state index in [4.69, 9.17) is 14.2 Å². The molecule has 0 amide bonds. The Balaban J connectivity index is 4.58. The van der Waals surface area contributed by atoms with E-state index in [0.29, 0.717) is 19.3 Å². The van der Waals surface area contributed by atoms with Gasteiger partial charge < -0.3 is 14.2 Å². The van der Waals surface area contributed by atoms with Crippen molar-refractivity contribution in [2.45, 2.75) is 252 Å². The Morgan fingerprint density at radius 2 is 0.539 bits per heavy atom. The van der Waals surface area contributed by atoms with Crippen molar-refractivity contribution in [2.24, 2.45) is 0 Å². The molecule has 0 aromatic carbocycles. The number of hydrogen-bond acceptors (Lipinski definition) is 6. The van der Waals surface area contributed by atoms with Crippen LogP contribution < -0.4 is 0 Å². The van der Waals surface area contributed by atoms with Crippen molar-refractivity contribution in [3.8, 4) is 0 Å². The van der Waals surface area contributed by atoms with Gasteiger partial charge in [-0.1, -0.05) is 249 Å². The van der Waals surface area contributed by atoms with E-state index in [1.807, 2.05) is 12.2 Å². The third kappa shape index (κ3) is 59.9. The summed E-state index contributed by atoms with van der Waals surface area (Å²) in [6.07, 6.45) is 91.0. The van der Waals surface area contributed by atoms with Crippen molar-refractivity contribution < 1.29 is 28.6 Å². The Bertz CT molecular complexity index is 1720. The minimum atomic E-state index is -0.842. The van der Waals surface area contributed by atoms with Gasteiger partial charge in [-0.3, -0.25) is 14.4 Å². The molecule has 6 heteroatoms. The average molecular weight is 1050 g/mol. The quantitative estimate of drug-likeness (QED) is 0.0261. The van der Waals surface area contributed by atoms with Crippen molar-refractivity contribution in [2.75, 3.05) is 13.2 Å². The molecule has 0 aromatic heterocycles. The maximum absolute atomic E-state index is 12.9. The van der Waals surface area contributed by atoms with Crippen LogP contribution >= 0.6 is 0 Å². The molecule has 0 rings (SSSR count). The van der Waals surface area contributed by atoms with E-state index in [2.05, 4.69) is 167 Å². The Kier molecular flexibility index (Phi) is 58.5. The second kappa shape index (κ2) is 62.6. The fourth-order valence-electron chi connectivity index (χ4n) is 7.76. The molecule has 6 nitrogen and oxygen atoms in total. The molecule has 0 fully saturated rings. The second-order valence-corrected chi connectivity index (χ2v) is 19.5. The Hall–Kier alpha value is -4.97. The molecular weight excluding hydrogens is 937 g/mol. The van der Waals surface area contributed by atoms with Crippen LogP contribution in [0.1, 0.15) is 245 Å². The lowest BCUT2D eigenvalue weighted by Gasteiger charge is -2.18. The molecule has 0 aromatic rings. The summed E-state index contributed by atoms with van der Waals surface area (Å²) in [6, 6.07) is 0. The standard InChI is InChI=1S/C70H110O6/c1-4-7-10-13-16-19-22-25-28-31-33-34-35-36-38-39-42-45-48-51-54-57-60-63-69(72)75-66-67(65-74-68(71)62-59-56-53-50-47-44-41-30-27-24-21-18-15-12-9-6-3)76-70(73)64-61-58-55-52-49-46-43-40-37-32-29-26-23-20-17-14-11-8-5-2/h7-8,10-11,16-17,19-20,25-26,28-30,33-34,36-38,40-42,45-46,49,55,58,67H,4-6,9,12-15,18,21-24,27,31-32,35,39,43-44,47-48,50-54,56-57,59-66H2,1-3H3/b10-7-,11-8-,19-16-,20-17-,28-25-,29-26-,34-33-,38-36-,40-37-,41-30-,45-42-,49-46-,58-55-. The van der Waals surface area contributed by atoms with Crippen molar-refractivity contribution in [1.29, 1.82) is 0 Å². The number of unbranched alkanes of at least 4 members (excludes halogenated alkanes) is 16. The molecule has 0 bridgehead atoms. The molecule has 426 valence electrons. The van der Waals surface area contributed by atoms with Crippen LogP contribution in [0.5, 0.6) is 0 Å². The summed E-state index contributed by atoms with van der Waals surface area (Å²) in [4.78, 5) is 38.2. The van der Waals surface area contributed by atoms with Gasteiger partial charge in [-0.2, -0.15) is 0 Å². The maximum atomic E-state index is 12.9. The SMILES string of the molecule is CC/C=C\C/C=C\C/C=C\C/C=C\C/C=C\C/C=C\CCCCCCC(=O)OCC(COC(=O)CCCCCCC/C=C\CCCCCCCCC)OC(=O)CC/C=C\C/C=C\C/C=C\C/C=C\C/C=C\C/C=C\CC. The van der Waals surface area contributed by atoms with Gasteiger partial charge in [-0.15, -0.1) is 0 Å². The van der Waals surface area contributed by atoms with Crippen LogP contribution in [0.3, 0.4) is 0 Å². The number of ether oxygens (including phenoxy) is 3. The highest BCUT2D eigenvalue weighted by Gasteiger charge is 2.19. The minimum absolute atomic E-state index is 0.127. The maximum Gasteiger partial charge on any atom is 0.306 e. The average Bonchev–Trinajstić information content (AvgIpc) is 3.42. The summed E-state index contributed by atoms with van der Waals surface area (Å²) in [6.45, 7) is 6.31. The normalized spacial score (nSPS) is 13.2. The highest BCUT2D eigenvalue weighted by molar-refractivity contribution is 5.71. The van der Waals surface area contributed by atoms with Crippen LogP contribution in [0.15, 0.2) is 158 Å². The lowest BCUT2D eigenvalue weighted by molar-refractivity contribution is -0.166. The molecule has 0 aliphatic heterocycles. The highest BCUT2D eigenvalue weighted by atomic mass is 16.6. The van der Waals surface area contributed by atoms with Gasteiger partial charge in [-0.05, 0) is 135 Å². The van der Waals surface area contributed by atoms with E-state index in [1.165, 1.54) is 57.8 Å². The van der Waals surface area contributed by atoms with Crippen molar-refractivity contribution in [1.82, 2.24) is 0 Å². The molecular formula is C70H110O6. The Labute approximate surface area is 467 Å². The predicted octanol–water partition coefficient (Wildman–Crippen LogP) is 20.9. The predicted molar refractivity (Wildman–Crippen MR) is 329 cm³/mol. The molecule has 0 saturated heterocycles. The molecule has 0 saturated carbocycles. The largest absolute Gasteiger partial charge is 0.462 e. The van der Waals surface area contributed by atoms with Gasteiger partial charge in [0, 0.05) is 19.3 Å². The fraction of sp³-hybridized carbons (Fsp3) is 0.586. The van der Waals surface area contributed by atoms with Crippen molar-refractivity contribution in [3.05, 3.63) is 158 Å². The zero-order chi connectivity index (χ0) is 55.0. The van der Waals surface area contributed by atoms with Gasteiger partial charge in [0.15, 0.2) is 6.10 Å². The van der Waals surface area contributed by atoms with Crippen LogP contribution in [0.2, 0.25) is 0 Å². The van der Waals surface area contributed by atoms with E-state index < -0.39 is 12.1 Å². The van der Waals surface area contributed by atoms with Gasteiger partial charge in [0.25, 0.3) is 0 Å². The summed E-state index contributed by atoms with van der Waals surface area (Å²) >= 11 is 0. The Morgan fingerprint density at radius 3 is 0.868 bits per heavy atom. The number of allylic oxidation sites excluding steroid dienone is 26. The van der Waals surface area contributed by atoms with Crippen LogP contribution in [0.4, 0.5) is 0 Å². The van der Waals surface area contributed by atoms with E-state index in [-0.39, 0.29) is 31.6 Å². The van der Waals surface area contributed by atoms with E-state index in [9.17, 15) is 14.4 Å². The summed E-state index contributed by atoms with van der Waals surface area (Å²) in [5.74, 6) is -1.05. The highest BCUT2D eigenvalue weighted by Crippen LogP contribution is 2.13. The topological polar surface area (TPSA) is 78.9 Å². The van der Waals surface area contributed by atoms with Crippen LogP contribution in [0, 0.1) is 0 Å². The lowest BCUT2D eigenvalue weighted by atomic mass is 10.1. The number of esters is 3. The first kappa shape index (κ1) is 71.0. The second-order valence-electron chi connectivity index (χ2n) is 19.5. The van der Waals surface area contributed by atoms with Gasteiger partial charge in [0.05, 0.1) is 0 Å². The number of carbonyl (C=O) groups excluding carboxylic acids is 3. The molecule has 76 heavy (non-hydrogen) atoms. The zero-order valence-corrected chi connectivity index (χ0v) is 48.7. The minimum Gasteiger partial charge on any atom is -0.462 e. The van der Waals surface area contributed by atoms with Crippen LogP contribution in [0.25, 0.3) is 0 Å². The molecule has 0 aliphatic rings. The lowest BCUT2D eigenvalue weighted by Crippen LogP contribution is -2.30. The number of hydrogen-bond donors (Lipinski definition) is 0. The molecule has 0 spiro atoms. The van der Waals surface area contributed by atoms with Crippen LogP contribution in [-0.4, -0.2) is 37.2 Å². The Morgan fingerprint density at radius 1 is 0.276 bits per heavy atom. The van der Waals surface area contributed by atoms with Crippen LogP contribution in [-0.2, 0) is 28.6 Å². The van der Waals surface area contributed by atoms with Crippen molar-refractivity contribution >= 4 is 17.9 Å². The first-order valence-electron chi connectivity index (χ1n) is 30.5. The van der Waals surface area contributed by atoms with Gasteiger partial charge in [0.2, 0.25) is 0 Å².